The van der Waals surface area contributed by atoms with E-state index in [-0.39, 0.29) is 31.5 Å². The number of rotatable bonds is 11. The maximum absolute atomic E-state index is 11.6. The molecule has 3 amide bonds. The minimum atomic E-state index is -0.662. The molecule has 1 N–H and O–H groups in total. The molecule has 0 saturated carbocycles. The number of ether oxygens (including phenoxy) is 1. The Labute approximate surface area is 164 Å². The van der Waals surface area contributed by atoms with Crippen LogP contribution in [-0.4, -0.2) is 61.0 Å². The summed E-state index contributed by atoms with van der Waals surface area (Å²) in [6.45, 7) is 1.59. The van der Waals surface area contributed by atoms with Crippen LogP contribution in [0.3, 0.4) is 0 Å². The van der Waals surface area contributed by atoms with Crippen LogP contribution < -0.4 is 10.1 Å². The van der Waals surface area contributed by atoms with Crippen molar-refractivity contribution >= 4 is 35.8 Å². The summed E-state index contributed by atoms with van der Waals surface area (Å²) in [5.41, 5.74) is 1.21. The number of hydrogen-bond acceptors (Lipinski definition) is 7. The molecule has 28 heavy (non-hydrogen) atoms. The molecule has 0 saturated heterocycles. The van der Waals surface area contributed by atoms with Crippen molar-refractivity contribution in [2.45, 2.75) is 11.8 Å². The van der Waals surface area contributed by atoms with Gasteiger partial charge < -0.3 is 10.1 Å². The summed E-state index contributed by atoms with van der Waals surface area (Å²) < 4.78 is 17.2. The van der Waals surface area contributed by atoms with E-state index < -0.39 is 12.5 Å². The van der Waals surface area contributed by atoms with Gasteiger partial charge >= 0.3 is 0 Å². The van der Waals surface area contributed by atoms with Crippen molar-refractivity contribution < 1.29 is 33.4 Å². The van der Waals surface area contributed by atoms with Crippen molar-refractivity contribution in [1.29, 1.82) is 0 Å². The van der Waals surface area contributed by atoms with Gasteiger partial charge in [0.2, 0.25) is 5.91 Å². The molecule has 2 rings (SSSR count). The molecule has 1 aliphatic rings. The highest BCUT2D eigenvalue weighted by molar-refractivity contribution is 7.99. The lowest BCUT2D eigenvalue weighted by atomic mass is 10.1. The zero-order valence-corrected chi connectivity index (χ0v) is 15.9. The van der Waals surface area contributed by atoms with E-state index in [0.717, 1.165) is 11.2 Å². The molecule has 1 heterocycles. The second-order valence-electron chi connectivity index (χ2n) is 5.73. The molecule has 10 heteroatoms. The first-order valence-corrected chi connectivity index (χ1v) is 9.34. The fraction of sp³-hybridized carbons (Fsp3) is 0.333. The number of amides is 3. The predicted octanol–water partition coefficient (Wildman–Crippen LogP) is 1.22. The highest BCUT2D eigenvalue weighted by atomic mass is 32.2. The van der Waals surface area contributed by atoms with Gasteiger partial charge in [-0.15, -0.1) is 11.8 Å². The molecule has 0 atom stereocenters. The van der Waals surface area contributed by atoms with E-state index in [1.807, 2.05) is 0 Å². The third-order valence-electron chi connectivity index (χ3n) is 3.79. The first kappa shape index (κ1) is 21.6. The Hall–Kier alpha value is -2.72. The smallest absolute Gasteiger partial charge is 0.253 e. The number of halogens is 1. The van der Waals surface area contributed by atoms with Crippen molar-refractivity contribution in [2.75, 3.05) is 32.1 Å². The molecule has 0 bridgehead atoms. The molecule has 150 valence electrons. The van der Waals surface area contributed by atoms with Crippen molar-refractivity contribution in [3.8, 4) is 5.75 Å². The van der Waals surface area contributed by atoms with Crippen LogP contribution in [0, 0.1) is 6.92 Å². The first-order valence-electron chi connectivity index (χ1n) is 8.35. The lowest BCUT2D eigenvalue weighted by molar-refractivity contribution is -0.156. The van der Waals surface area contributed by atoms with Crippen LogP contribution in [0.2, 0.25) is 0 Å². The summed E-state index contributed by atoms with van der Waals surface area (Å²) in [6, 6.07) is 3.37. The number of carbonyl (C=O) groups is 4. The summed E-state index contributed by atoms with van der Waals surface area (Å²) in [4.78, 5) is 50.5. The normalized spacial score (nSPS) is 13.1. The third-order valence-corrected chi connectivity index (χ3v) is 4.85. The number of nitrogens with zero attached hydrogens (tertiary/aromatic N) is 1. The topological polar surface area (TPSA) is 102 Å². The summed E-state index contributed by atoms with van der Waals surface area (Å²) in [6.07, 6.45) is 3.15. The number of aldehydes is 1. The Balaban J connectivity index is 1.92. The number of imide groups is 1. The van der Waals surface area contributed by atoms with Crippen LogP contribution in [0.15, 0.2) is 29.2 Å². The lowest BCUT2D eigenvalue weighted by Gasteiger charge is -2.16. The summed E-state index contributed by atoms with van der Waals surface area (Å²) >= 11 is 1.33. The van der Waals surface area contributed by atoms with E-state index in [1.165, 1.54) is 23.9 Å². The molecule has 1 aromatic rings. The van der Waals surface area contributed by atoms with Crippen molar-refractivity contribution in [3.63, 3.8) is 0 Å². The van der Waals surface area contributed by atoms with Crippen molar-refractivity contribution in [2.24, 2.45) is 0 Å². The Morgan fingerprint density at radius 2 is 2.00 bits per heavy atom. The summed E-state index contributed by atoms with van der Waals surface area (Å²) in [7, 11) is 0. The second-order valence-corrected chi connectivity index (χ2v) is 6.87. The van der Waals surface area contributed by atoms with Crippen LogP contribution in [0.4, 0.5) is 4.53 Å². The van der Waals surface area contributed by atoms with Gasteiger partial charge in [-0.05, 0) is 29.1 Å². The third kappa shape index (κ3) is 5.89. The SMILES string of the molecule is Cc1cc(OCCN2C(=O)C=CC2=O)cc(SCCNC(=O)COF)c1C=O. The quantitative estimate of drug-likeness (QED) is 0.253. The zero-order valence-electron chi connectivity index (χ0n) is 15.1. The maximum atomic E-state index is 11.6. The predicted molar refractivity (Wildman–Crippen MR) is 98.7 cm³/mol. The summed E-state index contributed by atoms with van der Waals surface area (Å²) in [5, 5.41) is 2.47. The monoisotopic (exact) mass is 410 g/mol. The van der Waals surface area contributed by atoms with Gasteiger partial charge in [-0.25, -0.2) is 0 Å². The van der Waals surface area contributed by atoms with Crippen molar-refractivity contribution in [3.05, 3.63) is 35.4 Å². The molecule has 0 unspecified atom stereocenters. The highest BCUT2D eigenvalue weighted by Crippen LogP contribution is 2.29. The molecular weight excluding hydrogens is 391 g/mol. The fourth-order valence-electron chi connectivity index (χ4n) is 2.45. The molecule has 0 radical (unpaired) electrons. The Morgan fingerprint density at radius 1 is 1.29 bits per heavy atom. The molecule has 1 aliphatic heterocycles. The minimum absolute atomic E-state index is 0.114. The van der Waals surface area contributed by atoms with Gasteiger partial charge in [0.25, 0.3) is 11.8 Å². The average Bonchev–Trinajstić information content (AvgIpc) is 2.97. The molecular formula is C18H19FN2O6S. The molecule has 0 aromatic heterocycles. The number of hydrogen-bond donors (Lipinski definition) is 1. The lowest BCUT2D eigenvalue weighted by Crippen LogP contribution is -2.33. The largest absolute Gasteiger partial charge is 0.492 e. The number of benzene rings is 1. The van der Waals surface area contributed by atoms with Crippen molar-refractivity contribution in [1.82, 2.24) is 10.2 Å². The standard InChI is InChI=1S/C18H19FN2O6S/c1-12-8-13(26-6-5-21-17(24)2-3-18(21)25)9-15(14(12)10-22)28-7-4-20-16(23)11-27-19/h2-3,8-10H,4-7,11H2,1H3,(H,20,23). The van der Waals surface area contributed by atoms with Crippen LogP contribution in [-0.2, 0) is 19.3 Å². The number of nitrogens with one attached hydrogen (secondary N) is 1. The van der Waals surface area contributed by atoms with Crippen LogP contribution >= 0.6 is 11.8 Å². The summed E-state index contributed by atoms with van der Waals surface area (Å²) in [5.74, 6) is -0.389. The highest BCUT2D eigenvalue weighted by Gasteiger charge is 2.22. The van der Waals surface area contributed by atoms with Gasteiger partial charge in [-0.3, -0.25) is 24.1 Å². The van der Waals surface area contributed by atoms with E-state index >= 15 is 0 Å². The Morgan fingerprint density at radius 3 is 2.64 bits per heavy atom. The van der Waals surface area contributed by atoms with Crippen LogP contribution in [0.1, 0.15) is 15.9 Å². The van der Waals surface area contributed by atoms with Gasteiger partial charge in [0.15, 0.2) is 12.9 Å². The first-order chi connectivity index (χ1) is 13.5. The van der Waals surface area contributed by atoms with E-state index in [4.69, 9.17) is 4.74 Å². The number of carbonyl (C=O) groups excluding carboxylic acids is 4. The van der Waals surface area contributed by atoms with Gasteiger partial charge in [0.05, 0.1) is 6.54 Å². The van der Waals surface area contributed by atoms with Gasteiger partial charge in [-0.1, -0.05) is 0 Å². The number of thioether (sulfide) groups is 1. The zero-order chi connectivity index (χ0) is 20.5. The molecule has 8 nitrogen and oxygen atoms in total. The van der Waals surface area contributed by atoms with Gasteiger partial charge in [-0.2, -0.15) is 4.94 Å². The molecule has 0 spiro atoms. The average molecular weight is 410 g/mol. The van der Waals surface area contributed by atoms with E-state index in [0.29, 0.717) is 27.5 Å². The Kier molecular flexibility index (Phi) is 8.15. The molecule has 0 fully saturated rings. The number of aryl methyl sites for hydroxylation is 1. The maximum Gasteiger partial charge on any atom is 0.253 e. The van der Waals surface area contributed by atoms with E-state index in [9.17, 15) is 23.7 Å². The molecule has 0 aliphatic carbocycles. The molecule has 1 aromatic carbocycles. The van der Waals surface area contributed by atoms with Gasteiger partial charge in [0, 0.05) is 34.9 Å². The second kappa shape index (κ2) is 10.6. The minimum Gasteiger partial charge on any atom is -0.492 e. The van der Waals surface area contributed by atoms with E-state index in [1.54, 1.807) is 19.1 Å². The van der Waals surface area contributed by atoms with Crippen LogP contribution in [0.25, 0.3) is 0 Å². The van der Waals surface area contributed by atoms with E-state index in [2.05, 4.69) is 10.3 Å². The van der Waals surface area contributed by atoms with Crippen LogP contribution in [0.5, 0.6) is 5.75 Å². The van der Waals surface area contributed by atoms with Gasteiger partial charge in [0.1, 0.15) is 12.4 Å². The Bertz CT molecular complexity index is 781. The fourth-order valence-corrected chi connectivity index (χ4v) is 3.43.